The summed E-state index contributed by atoms with van der Waals surface area (Å²) >= 11 is 0. The fourth-order valence-electron chi connectivity index (χ4n) is 1.45. The van der Waals surface area contributed by atoms with Crippen LogP contribution >= 0.6 is 0 Å². The summed E-state index contributed by atoms with van der Waals surface area (Å²) < 4.78 is 6.41. The summed E-state index contributed by atoms with van der Waals surface area (Å²) in [4.78, 5) is 0. The van der Waals surface area contributed by atoms with Crippen LogP contribution in [0.2, 0.25) is 0 Å². The zero-order chi connectivity index (χ0) is 10.4. The van der Waals surface area contributed by atoms with Crippen molar-refractivity contribution in [3.63, 3.8) is 0 Å². The van der Waals surface area contributed by atoms with Crippen LogP contribution in [0, 0.1) is 0 Å². The minimum atomic E-state index is 1.08. The van der Waals surface area contributed by atoms with E-state index in [-0.39, 0.29) is 0 Å². The number of hydrogen-bond acceptors (Lipinski definition) is 1. The van der Waals surface area contributed by atoms with Crippen molar-refractivity contribution in [1.29, 1.82) is 0 Å². The highest BCUT2D eigenvalue weighted by molar-refractivity contribution is 4.97. The molecule has 14 heavy (non-hydrogen) atoms. The van der Waals surface area contributed by atoms with Crippen LogP contribution in [0.25, 0.3) is 0 Å². The topological polar surface area (TPSA) is 13.1 Å². The van der Waals surface area contributed by atoms with E-state index >= 15 is 0 Å². The molecule has 2 heteroatoms. The molecule has 0 saturated carbocycles. The minimum absolute atomic E-state index is 1.08. The normalized spacial score (nSPS) is 11.9. The largest absolute Gasteiger partial charge is 0.469 e. The summed E-state index contributed by atoms with van der Waals surface area (Å²) in [6.07, 6.45) is 5.34. The van der Waals surface area contributed by atoms with Gasteiger partial charge in [0.05, 0.1) is 33.4 Å². The number of hydrogen-bond donors (Lipinski definition) is 0. The van der Waals surface area contributed by atoms with Crippen molar-refractivity contribution < 1.29 is 8.90 Å². The molecule has 1 rings (SSSR count). The van der Waals surface area contributed by atoms with Gasteiger partial charge in [0.15, 0.2) is 0 Å². The van der Waals surface area contributed by atoms with Crippen LogP contribution in [0.3, 0.4) is 0 Å². The molecule has 80 valence electrons. The van der Waals surface area contributed by atoms with Crippen LogP contribution in [0.5, 0.6) is 0 Å². The van der Waals surface area contributed by atoms with E-state index in [2.05, 4.69) is 27.1 Å². The molecule has 0 aromatic carbocycles. The van der Waals surface area contributed by atoms with Crippen molar-refractivity contribution in [2.24, 2.45) is 0 Å². The number of nitrogens with zero attached hydrogens (tertiary/aromatic N) is 1. The number of unbranched alkanes of at least 4 members (excludes halogenated alkanes) is 1. The Balaban J connectivity index is 2.11. The Kier molecular flexibility index (Phi) is 4.21. The van der Waals surface area contributed by atoms with E-state index < -0.39 is 0 Å². The number of rotatable bonds is 6. The first-order valence-electron chi connectivity index (χ1n) is 5.48. The maximum absolute atomic E-state index is 5.29. The Hall–Kier alpha value is -0.760. The summed E-state index contributed by atoms with van der Waals surface area (Å²) in [5, 5.41) is 0. The molecule has 0 unspecified atom stereocenters. The van der Waals surface area contributed by atoms with Gasteiger partial charge in [0, 0.05) is 6.42 Å². The molecule has 0 aliphatic heterocycles. The van der Waals surface area contributed by atoms with Gasteiger partial charge in [-0.1, -0.05) is 0 Å². The van der Waals surface area contributed by atoms with Crippen molar-refractivity contribution in [3.05, 3.63) is 24.2 Å². The van der Waals surface area contributed by atoms with E-state index in [1.165, 1.54) is 25.9 Å². The van der Waals surface area contributed by atoms with Gasteiger partial charge >= 0.3 is 0 Å². The van der Waals surface area contributed by atoms with E-state index in [0.29, 0.717) is 0 Å². The van der Waals surface area contributed by atoms with E-state index in [9.17, 15) is 0 Å². The molecule has 0 aliphatic carbocycles. The Morgan fingerprint density at radius 1 is 1.29 bits per heavy atom. The highest BCUT2D eigenvalue weighted by Crippen LogP contribution is 2.07. The second-order valence-electron chi connectivity index (χ2n) is 4.51. The van der Waals surface area contributed by atoms with E-state index in [1.54, 1.807) is 6.26 Å². The lowest BCUT2D eigenvalue weighted by Gasteiger charge is -2.27. The molecule has 0 spiro atoms. The van der Waals surface area contributed by atoms with Crippen molar-refractivity contribution in [1.82, 2.24) is 0 Å². The van der Waals surface area contributed by atoms with Crippen LogP contribution in [0.15, 0.2) is 22.8 Å². The van der Waals surface area contributed by atoms with Crippen LogP contribution in [-0.2, 0) is 6.42 Å². The summed E-state index contributed by atoms with van der Waals surface area (Å²) in [5.74, 6) is 1.12. The predicted molar refractivity (Wildman–Crippen MR) is 59.2 cm³/mol. The first-order valence-corrected chi connectivity index (χ1v) is 5.48. The third-order valence-corrected chi connectivity index (χ3v) is 2.87. The van der Waals surface area contributed by atoms with E-state index in [0.717, 1.165) is 16.7 Å². The van der Waals surface area contributed by atoms with Gasteiger partial charge in [0.2, 0.25) is 0 Å². The third kappa shape index (κ3) is 3.97. The second-order valence-corrected chi connectivity index (χ2v) is 4.51. The summed E-state index contributed by atoms with van der Waals surface area (Å²) in [6.45, 7) is 4.71. The van der Waals surface area contributed by atoms with E-state index in [1.807, 2.05) is 6.07 Å². The molecule has 0 N–H and O–H groups in total. The third-order valence-electron chi connectivity index (χ3n) is 2.87. The predicted octanol–water partition coefficient (Wildman–Crippen LogP) is 2.70. The molecule has 0 aliphatic rings. The lowest BCUT2D eigenvalue weighted by molar-refractivity contribution is -0.888. The maximum Gasteiger partial charge on any atom is 0.103 e. The molecule has 0 bridgehead atoms. The standard InChI is InChI=1S/C12H22NO/c1-4-13(2,3)10-6-5-8-12-9-7-11-14-12/h7,9,11H,4-6,8,10H2,1-3H3/q+1. The minimum Gasteiger partial charge on any atom is -0.469 e. The van der Waals surface area contributed by atoms with Crippen molar-refractivity contribution in [2.75, 3.05) is 27.2 Å². The molecule has 1 aromatic rings. The molecule has 0 radical (unpaired) electrons. The quantitative estimate of drug-likeness (QED) is 0.503. The number of quaternary nitrogens is 1. The fourth-order valence-corrected chi connectivity index (χ4v) is 1.45. The van der Waals surface area contributed by atoms with Gasteiger partial charge in [-0.15, -0.1) is 0 Å². The molecule has 0 fully saturated rings. The Morgan fingerprint density at radius 3 is 2.64 bits per heavy atom. The zero-order valence-corrected chi connectivity index (χ0v) is 9.62. The van der Waals surface area contributed by atoms with Gasteiger partial charge in [-0.3, -0.25) is 0 Å². The first kappa shape index (κ1) is 11.3. The molecule has 1 heterocycles. The molecular formula is C12H22NO+. The highest BCUT2D eigenvalue weighted by atomic mass is 16.3. The smallest absolute Gasteiger partial charge is 0.103 e. The average molecular weight is 196 g/mol. The van der Waals surface area contributed by atoms with Crippen molar-refractivity contribution in [3.8, 4) is 0 Å². The van der Waals surface area contributed by atoms with Gasteiger partial charge in [-0.05, 0) is 31.9 Å². The number of aryl methyl sites for hydroxylation is 1. The monoisotopic (exact) mass is 196 g/mol. The van der Waals surface area contributed by atoms with E-state index in [4.69, 9.17) is 4.42 Å². The summed E-state index contributed by atoms with van der Waals surface area (Å²) in [7, 11) is 4.57. The SMILES string of the molecule is CC[N+](C)(C)CCCCc1ccco1. The van der Waals surface area contributed by atoms with Crippen molar-refractivity contribution >= 4 is 0 Å². The maximum atomic E-state index is 5.29. The summed E-state index contributed by atoms with van der Waals surface area (Å²) in [6, 6.07) is 4.02. The Morgan fingerprint density at radius 2 is 2.07 bits per heavy atom. The lowest BCUT2D eigenvalue weighted by atomic mass is 10.2. The molecular weight excluding hydrogens is 174 g/mol. The molecule has 0 atom stereocenters. The molecule has 1 aromatic heterocycles. The first-order chi connectivity index (χ1) is 6.64. The Bertz CT molecular complexity index is 239. The van der Waals surface area contributed by atoms with Crippen LogP contribution < -0.4 is 0 Å². The average Bonchev–Trinajstić information content (AvgIpc) is 2.65. The number of furan rings is 1. The molecule has 0 amide bonds. The van der Waals surface area contributed by atoms with Gasteiger partial charge < -0.3 is 8.90 Å². The van der Waals surface area contributed by atoms with Gasteiger partial charge in [0.25, 0.3) is 0 Å². The van der Waals surface area contributed by atoms with Gasteiger partial charge in [-0.2, -0.15) is 0 Å². The fraction of sp³-hybridized carbons (Fsp3) is 0.667. The molecule has 2 nitrogen and oxygen atoms in total. The van der Waals surface area contributed by atoms with Crippen LogP contribution in [-0.4, -0.2) is 31.7 Å². The van der Waals surface area contributed by atoms with Crippen molar-refractivity contribution in [2.45, 2.75) is 26.2 Å². The van der Waals surface area contributed by atoms with Gasteiger partial charge in [0.1, 0.15) is 5.76 Å². The molecule has 0 saturated heterocycles. The highest BCUT2D eigenvalue weighted by Gasteiger charge is 2.10. The second kappa shape index (κ2) is 5.20. The summed E-state index contributed by atoms with van der Waals surface area (Å²) in [5.41, 5.74) is 0. The van der Waals surface area contributed by atoms with Crippen LogP contribution in [0.4, 0.5) is 0 Å². The lowest BCUT2D eigenvalue weighted by Crippen LogP contribution is -2.39. The Labute approximate surface area is 87.1 Å². The zero-order valence-electron chi connectivity index (χ0n) is 9.62. The van der Waals surface area contributed by atoms with Gasteiger partial charge in [-0.25, -0.2) is 0 Å². The van der Waals surface area contributed by atoms with Crippen LogP contribution in [0.1, 0.15) is 25.5 Å².